The first kappa shape index (κ1) is 15.7. The van der Waals surface area contributed by atoms with E-state index in [4.69, 9.17) is 4.74 Å². The van der Waals surface area contributed by atoms with Crippen LogP contribution in [0.25, 0.3) is 0 Å². The van der Waals surface area contributed by atoms with Crippen LogP contribution in [0.2, 0.25) is 0 Å². The summed E-state index contributed by atoms with van der Waals surface area (Å²) in [6.07, 6.45) is 5.95. The molecule has 1 saturated carbocycles. The molecular weight excluding hydrogens is 264 g/mol. The number of carbonyl (C=O) groups excluding carboxylic acids is 1. The van der Waals surface area contributed by atoms with E-state index in [1.54, 1.807) is 7.11 Å². The number of hydrogen-bond acceptors (Lipinski definition) is 2. The second-order valence-electron chi connectivity index (χ2n) is 5.91. The summed E-state index contributed by atoms with van der Waals surface area (Å²) in [7, 11) is 1.68. The molecule has 1 fully saturated rings. The number of aryl methyl sites for hydroxylation is 2. The zero-order valence-electron chi connectivity index (χ0n) is 13.3. The number of methoxy groups -OCH3 is 1. The molecule has 2 N–H and O–H groups in total. The Bertz CT molecular complexity index is 494. The Kier molecular flexibility index (Phi) is 5.48. The predicted molar refractivity (Wildman–Crippen MR) is 84.7 cm³/mol. The maximum atomic E-state index is 12.0. The van der Waals surface area contributed by atoms with Crippen molar-refractivity contribution in [1.29, 1.82) is 0 Å². The molecule has 1 aliphatic rings. The average molecular weight is 290 g/mol. The molecule has 0 aliphatic heterocycles. The smallest absolute Gasteiger partial charge is 0.315 e. The molecule has 2 amide bonds. The Morgan fingerprint density at radius 3 is 2.57 bits per heavy atom. The second-order valence-corrected chi connectivity index (χ2v) is 5.91. The standard InChI is InChI=1S/C17H26N2O2/c1-12-10-16(21-3)13(2)9-14(12)11-18-17(20)19-15-7-5-4-6-8-15/h9-10,15H,4-8,11H2,1-3H3,(H2,18,19,20). The Labute approximate surface area is 127 Å². The first-order valence-electron chi connectivity index (χ1n) is 7.78. The van der Waals surface area contributed by atoms with Crippen molar-refractivity contribution in [2.45, 2.75) is 58.5 Å². The van der Waals surface area contributed by atoms with Gasteiger partial charge in [0.25, 0.3) is 0 Å². The normalized spacial score (nSPS) is 15.6. The zero-order chi connectivity index (χ0) is 15.2. The van der Waals surface area contributed by atoms with Crippen molar-refractivity contribution in [3.05, 3.63) is 28.8 Å². The SMILES string of the molecule is COc1cc(C)c(CNC(=O)NC2CCCCC2)cc1C. The van der Waals surface area contributed by atoms with E-state index >= 15 is 0 Å². The summed E-state index contributed by atoms with van der Waals surface area (Å²) in [6.45, 7) is 4.61. The molecule has 0 bridgehead atoms. The molecule has 0 atom stereocenters. The number of hydrogen-bond donors (Lipinski definition) is 2. The summed E-state index contributed by atoms with van der Waals surface area (Å²) in [5.74, 6) is 0.892. The van der Waals surface area contributed by atoms with Crippen LogP contribution in [-0.4, -0.2) is 19.2 Å². The van der Waals surface area contributed by atoms with E-state index in [-0.39, 0.29) is 6.03 Å². The van der Waals surface area contributed by atoms with E-state index in [1.165, 1.54) is 19.3 Å². The van der Waals surface area contributed by atoms with Crippen LogP contribution >= 0.6 is 0 Å². The van der Waals surface area contributed by atoms with Crippen LogP contribution in [0.15, 0.2) is 12.1 Å². The van der Waals surface area contributed by atoms with Crippen LogP contribution in [0, 0.1) is 13.8 Å². The first-order valence-corrected chi connectivity index (χ1v) is 7.78. The van der Waals surface area contributed by atoms with E-state index in [9.17, 15) is 4.79 Å². The van der Waals surface area contributed by atoms with Gasteiger partial charge in [0.1, 0.15) is 5.75 Å². The molecule has 0 heterocycles. The van der Waals surface area contributed by atoms with Crippen LogP contribution in [0.4, 0.5) is 4.79 Å². The minimum Gasteiger partial charge on any atom is -0.496 e. The van der Waals surface area contributed by atoms with Crippen LogP contribution in [0.3, 0.4) is 0 Å². The molecule has 1 aliphatic carbocycles. The van der Waals surface area contributed by atoms with E-state index in [1.807, 2.05) is 19.9 Å². The van der Waals surface area contributed by atoms with Crippen molar-refractivity contribution in [2.75, 3.05) is 7.11 Å². The molecule has 0 saturated heterocycles. The molecule has 0 unspecified atom stereocenters. The highest BCUT2D eigenvalue weighted by molar-refractivity contribution is 5.74. The fourth-order valence-corrected chi connectivity index (χ4v) is 2.92. The monoisotopic (exact) mass is 290 g/mol. The van der Waals surface area contributed by atoms with Gasteiger partial charge in [0.15, 0.2) is 0 Å². The minimum atomic E-state index is -0.0604. The number of benzene rings is 1. The molecule has 116 valence electrons. The predicted octanol–water partition coefficient (Wildman–Crippen LogP) is 3.44. The van der Waals surface area contributed by atoms with Crippen LogP contribution in [0.5, 0.6) is 5.75 Å². The lowest BCUT2D eigenvalue weighted by Crippen LogP contribution is -2.42. The Hall–Kier alpha value is -1.71. The lowest BCUT2D eigenvalue weighted by atomic mass is 9.96. The molecule has 21 heavy (non-hydrogen) atoms. The third kappa shape index (κ3) is 4.38. The van der Waals surface area contributed by atoms with Gasteiger partial charge in [-0.15, -0.1) is 0 Å². The third-order valence-corrected chi connectivity index (χ3v) is 4.23. The zero-order valence-corrected chi connectivity index (χ0v) is 13.3. The average Bonchev–Trinajstić information content (AvgIpc) is 2.48. The third-order valence-electron chi connectivity index (χ3n) is 4.23. The van der Waals surface area contributed by atoms with Gasteiger partial charge >= 0.3 is 6.03 Å². The van der Waals surface area contributed by atoms with Crippen molar-refractivity contribution in [3.63, 3.8) is 0 Å². The van der Waals surface area contributed by atoms with E-state index in [0.717, 1.165) is 35.3 Å². The summed E-state index contributed by atoms with van der Waals surface area (Å²) < 4.78 is 5.31. The maximum absolute atomic E-state index is 12.0. The minimum absolute atomic E-state index is 0.0604. The van der Waals surface area contributed by atoms with Crippen molar-refractivity contribution in [2.24, 2.45) is 0 Å². The fourth-order valence-electron chi connectivity index (χ4n) is 2.92. The van der Waals surface area contributed by atoms with Crippen molar-refractivity contribution in [3.8, 4) is 5.75 Å². The number of ether oxygens (including phenoxy) is 1. The summed E-state index contributed by atoms with van der Waals surface area (Å²) in [4.78, 5) is 12.0. The lowest BCUT2D eigenvalue weighted by molar-refractivity contribution is 0.232. The van der Waals surface area contributed by atoms with Crippen LogP contribution in [0.1, 0.15) is 48.8 Å². The fraction of sp³-hybridized carbons (Fsp3) is 0.588. The molecule has 0 aromatic heterocycles. The van der Waals surface area contributed by atoms with E-state index < -0.39 is 0 Å². The quantitative estimate of drug-likeness (QED) is 0.892. The molecule has 1 aromatic carbocycles. The number of amides is 2. The van der Waals surface area contributed by atoms with Gasteiger partial charge in [-0.05, 0) is 49.4 Å². The van der Waals surface area contributed by atoms with Gasteiger partial charge in [0.2, 0.25) is 0 Å². The van der Waals surface area contributed by atoms with Gasteiger partial charge in [0.05, 0.1) is 7.11 Å². The molecule has 4 heteroatoms. The van der Waals surface area contributed by atoms with Crippen molar-refractivity contribution in [1.82, 2.24) is 10.6 Å². The highest BCUT2D eigenvalue weighted by Gasteiger charge is 2.15. The Morgan fingerprint density at radius 2 is 1.90 bits per heavy atom. The van der Waals surface area contributed by atoms with Gasteiger partial charge in [0, 0.05) is 12.6 Å². The molecule has 2 rings (SSSR count). The number of rotatable bonds is 4. The van der Waals surface area contributed by atoms with E-state index in [2.05, 4.69) is 16.7 Å². The summed E-state index contributed by atoms with van der Waals surface area (Å²) in [6, 6.07) is 4.38. The maximum Gasteiger partial charge on any atom is 0.315 e. The number of carbonyl (C=O) groups is 1. The number of nitrogens with one attached hydrogen (secondary N) is 2. The van der Waals surface area contributed by atoms with Crippen LogP contribution in [-0.2, 0) is 6.54 Å². The largest absolute Gasteiger partial charge is 0.496 e. The van der Waals surface area contributed by atoms with Crippen molar-refractivity contribution < 1.29 is 9.53 Å². The molecule has 0 radical (unpaired) electrons. The first-order chi connectivity index (χ1) is 10.1. The molecule has 4 nitrogen and oxygen atoms in total. The summed E-state index contributed by atoms with van der Waals surface area (Å²) in [5, 5.41) is 6.03. The van der Waals surface area contributed by atoms with Gasteiger partial charge in [-0.2, -0.15) is 0 Å². The topological polar surface area (TPSA) is 50.4 Å². The Balaban J connectivity index is 1.87. The van der Waals surface area contributed by atoms with Gasteiger partial charge < -0.3 is 15.4 Å². The van der Waals surface area contributed by atoms with E-state index in [0.29, 0.717) is 12.6 Å². The summed E-state index contributed by atoms with van der Waals surface area (Å²) >= 11 is 0. The van der Waals surface area contributed by atoms with Gasteiger partial charge in [-0.25, -0.2) is 4.79 Å². The van der Waals surface area contributed by atoms with Gasteiger partial charge in [-0.1, -0.05) is 25.3 Å². The molecular formula is C17H26N2O2. The molecule has 1 aromatic rings. The number of urea groups is 1. The lowest BCUT2D eigenvalue weighted by Gasteiger charge is -2.23. The molecule has 0 spiro atoms. The van der Waals surface area contributed by atoms with Crippen molar-refractivity contribution >= 4 is 6.03 Å². The highest BCUT2D eigenvalue weighted by Crippen LogP contribution is 2.22. The van der Waals surface area contributed by atoms with Gasteiger partial charge in [-0.3, -0.25) is 0 Å². The highest BCUT2D eigenvalue weighted by atomic mass is 16.5. The second kappa shape index (κ2) is 7.34. The summed E-state index contributed by atoms with van der Waals surface area (Å²) in [5.41, 5.74) is 3.36. The Morgan fingerprint density at radius 1 is 1.19 bits per heavy atom. The van der Waals surface area contributed by atoms with Crippen LogP contribution < -0.4 is 15.4 Å².